The van der Waals surface area contributed by atoms with Crippen LogP contribution in [0, 0.1) is 5.92 Å². The first-order valence-electron chi connectivity index (χ1n) is 17.2. The van der Waals surface area contributed by atoms with Crippen LogP contribution in [0.1, 0.15) is 51.5 Å². The number of nitrogens with two attached hydrogens (primary N) is 3. The van der Waals surface area contributed by atoms with Crippen molar-refractivity contribution in [1.29, 1.82) is 0 Å². The van der Waals surface area contributed by atoms with Crippen molar-refractivity contribution in [3.63, 3.8) is 0 Å². The minimum absolute atomic E-state index is 0.0139. The van der Waals surface area contributed by atoms with Crippen LogP contribution in [-0.2, 0) is 40.0 Å². The molecule has 6 amide bonds. The van der Waals surface area contributed by atoms with E-state index in [1.54, 1.807) is 0 Å². The number of carboxylic acid groups (broad SMARTS) is 1. The molecule has 1 aromatic rings. The molecular formula is C33H52N10O10. The molecule has 1 aromatic carbocycles. The van der Waals surface area contributed by atoms with Gasteiger partial charge in [-0.25, -0.2) is 0 Å². The van der Waals surface area contributed by atoms with Crippen LogP contribution in [0.25, 0.3) is 0 Å². The summed E-state index contributed by atoms with van der Waals surface area (Å²) in [6.45, 7) is 2.04. The van der Waals surface area contributed by atoms with Crippen molar-refractivity contribution in [3.05, 3.63) is 29.8 Å². The van der Waals surface area contributed by atoms with Gasteiger partial charge < -0.3 is 64.0 Å². The monoisotopic (exact) mass is 748 g/mol. The third-order valence-electron chi connectivity index (χ3n) is 8.14. The number of rotatable bonds is 21. The van der Waals surface area contributed by atoms with Crippen LogP contribution in [0.3, 0.4) is 0 Å². The van der Waals surface area contributed by atoms with E-state index in [4.69, 9.17) is 22.3 Å². The number of aliphatic carboxylic acids is 1. The first-order chi connectivity index (χ1) is 25.0. The molecule has 14 N–H and O–H groups in total. The van der Waals surface area contributed by atoms with Gasteiger partial charge in [-0.05, 0) is 55.7 Å². The number of hydrogen-bond acceptors (Lipinski definition) is 11. The lowest BCUT2D eigenvalue weighted by molar-refractivity contribution is -0.143. The Morgan fingerprint density at radius 3 is 2.17 bits per heavy atom. The highest BCUT2D eigenvalue weighted by Crippen LogP contribution is 2.20. The average molecular weight is 749 g/mol. The summed E-state index contributed by atoms with van der Waals surface area (Å²) in [4.78, 5) is 95.0. The number of aromatic hydroxyl groups is 1. The van der Waals surface area contributed by atoms with Crippen molar-refractivity contribution in [1.82, 2.24) is 31.5 Å². The van der Waals surface area contributed by atoms with Gasteiger partial charge >= 0.3 is 5.97 Å². The molecule has 20 heteroatoms. The highest BCUT2D eigenvalue weighted by atomic mass is 16.4. The number of carbonyl (C=O) groups excluding carboxylic acids is 6. The van der Waals surface area contributed by atoms with E-state index in [-0.39, 0.29) is 62.8 Å². The molecule has 1 aliphatic rings. The van der Waals surface area contributed by atoms with Gasteiger partial charge in [0.15, 0.2) is 5.96 Å². The lowest BCUT2D eigenvalue weighted by Crippen LogP contribution is -2.58. The highest BCUT2D eigenvalue weighted by Gasteiger charge is 2.38. The Labute approximate surface area is 306 Å². The number of hydrogen-bond donors (Lipinski definition) is 11. The van der Waals surface area contributed by atoms with Gasteiger partial charge in [-0.1, -0.05) is 26.0 Å². The molecule has 0 unspecified atom stereocenters. The predicted molar refractivity (Wildman–Crippen MR) is 190 cm³/mol. The van der Waals surface area contributed by atoms with Gasteiger partial charge in [0.2, 0.25) is 35.4 Å². The number of carboxylic acids is 1. The van der Waals surface area contributed by atoms with Gasteiger partial charge in [0.05, 0.1) is 13.2 Å². The number of aliphatic imine (C=N–C) groups is 1. The van der Waals surface area contributed by atoms with Crippen molar-refractivity contribution < 1.29 is 48.9 Å². The van der Waals surface area contributed by atoms with E-state index in [2.05, 4.69) is 31.6 Å². The maximum Gasteiger partial charge on any atom is 0.322 e. The van der Waals surface area contributed by atoms with E-state index in [1.165, 1.54) is 29.2 Å². The summed E-state index contributed by atoms with van der Waals surface area (Å²) in [5, 5.41) is 40.2. The lowest BCUT2D eigenvalue weighted by Gasteiger charge is -2.30. The second-order valence-electron chi connectivity index (χ2n) is 13.0. The maximum absolute atomic E-state index is 13.8. The van der Waals surface area contributed by atoms with Crippen molar-refractivity contribution in [3.8, 4) is 5.75 Å². The van der Waals surface area contributed by atoms with E-state index in [0.29, 0.717) is 12.0 Å². The minimum Gasteiger partial charge on any atom is -0.508 e. The van der Waals surface area contributed by atoms with E-state index in [1.807, 2.05) is 13.8 Å². The van der Waals surface area contributed by atoms with E-state index >= 15 is 0 Å². The van der Waals surface area contributed by atoms with Gasteiger partial charge in [0, 0.05) is 19.5 Å². The van der Waals surface area contributed by atoms with Crippen molar-refractivity contribution in [2.24, 2.45) is 28.1 Å². The summed E-state index contributed by atoms with van der Waals surface area (Å²) in [7, 11) is 0. The van der Waals surface area contributed by atoms with Crippen LogP contribution in [0.2, 0.25) is 0 Å². The Hall–Kier alpha value is -5.50. The van der Waals surface area contributed by atoms with Crippen LogP contribution in [0.5, 0.6) is 5.75 Å². The molecule has 0 bridgehead atoms. The van der Waals surface area contributed by atoms with Gasteiger partial charge in [-0.2, -0.15) is 0 Å². The molecular weight excluding hydrogens is 696 g/mol. The van der Waals surface area contributed by atoms with Crippen molar-refractivity contribution in [2.75, 3.05) is 32.8 Å². The Bertz CT molecular complexity index is 1470. The van der Waals surface area contributed by atoms with Gasteiger partial charge in [0.25, 0.3) is 0 Å². The fraction of sp³-hybridized carbons (Fsp3) is 0.576. The molecule has 0 aromatic heterocycles. The summed E-state index contributed by atoms with van der Waals surface area (Å²) < 4.78 is 0. The zero-order valence-corrected chi connectivity index (χ0v) is 29.9. The second kappa shape index (κ2) is 21.8. The number of nitrogens with one attached hydrogen (secondary N) is 5. The summed E-state index contributed by atoms with van der Waals surface area (Å²) >= 11 is 0. The van der Waals surface area contributed by atoms with Crippen LogP contribution in [-0.4, -0.2) is 131 Å². The second-order valence-corrected chi connectivity index (χ2v) is 13.0. The molecule has 1 saturated heterocycles. The van der Waals surface area contributed by atoms with E-state index in [0.717, 1.165) is 0 Å². The third-order valence-corrected chi connectivity index (χ3v) is 8.14. The fourth-order valence-electron chi connectivity index (χ4n) is 5.49. The van der Waals surface area contributed by atoms with E-state index in [9.17, 15) is 43.8 Å². The Kier molecular flexibility index (Phi) is 17.9. The quantitative estimate of drug-likeness (QED) is 0.0326. The lowest BCUT2D eigenvalue weighted by atomic mass is 10.0. The maximum atomic E-state index is 13.8. The van der Waals surface area contributed by atoms with Gasteiger partial charge in [0.1, 0.15) is 42.5 Å². The first kappa shape index (κ1) is 43.7. The number of benzene rings is 1. The van der Waals surface area contributed by atoms with Gasteiger partial charge in [-0.15, -0.1) is 0 Å². The Morgan fingerprint density at radius 1 is 0.906 bits per heavy atom. The fourth-order valence-corrected chi connectivity index (χ4v) is 5.49. The van der Waals surface area contributed by atoms with Gasteiger partial charge in [-0.3, -0.25) is 38.6 Å². The normalized spacial score (nSPS) is 16.0. The molecule has 20 nitrogen and oxygen atoms in total. The first-order valence-corrected chi connectivity index (χ1v) is 17.2. The number of aliphatic hydroxyl groups is 1. The highest BCUT2D eigenvalue weighted by molar-refractivity contribution is 5.96. The number of phenolic OH excluding ortho intramolecular Hbond substituents is 1. The zero-order valence-electron chi connectivity index (χ0n) is 29.9. The van der Waals surface area contributed by atoms with Crippen LogP contribution in [0.4, 0.5) is 0 Å². The van der Waals surface area contributed by atoms with Crippen LogP contribution in [0.15, 0.2) is 29.3 Å². The number of nitrogens with zero attached hydrogens (tertiary/aromatic N) is 2. The Morgan fingerprint density at radius 2 is 1.57 bits per heavy atom. The molecule has 1 aliphatic heterocycles. The minimum atomic E-state index is -1.31. The number of phenols is 1. The average Bonchev–Trinajstić information content (AvgIpc) is 3.60. The smallest absolute Gasteiger partial charge is 0.322 e. The summed E-state index contributed by atoms with van der Waals surface area (Å²) in [5.74, 6) is -5.81. The van der Waals surface area contributed by atoms with Crippen molar-refractivity contribution in [2.45, 2.75) is 82.6 Å². The third kappa shape index (κ3) is 15.3. The molecule has 294 valence electrons. The number of guanidine groups is 1. The van der Waals surface area contributed by atoms with Crippen LogP contribution >= 0.6 is 0 Å². The van der Waals surface area contributed by atoms with Crippen LogP contribution < -0.4 is 43.8 Å². The molecule has 5 atom stereocenters. The molecule has 0 spiro atoms. The number of aliphatic hydroxyl groups excluding tert-OH is 1. The summed E-state index contributed by atoms with van der Waals surface area (Å²) in [6.07, 6.45) is 1.18. The topological polar surface area (TPSA) is 334 Å². The molecule has 53 heavy (non-hydrogen) atoms. The standard InChI is InChI=1S/C33H52N10O10/c1-18(2)13-23(40-26(46)15-38-29(50)24(42-28(49)21(34)17-44)14-19-7-9-20(45)10-8-19)30(51)41-22(5-3-11-37-33(35)36)32(53)43-12-4-6-25(43)31(52)39-16-27(47)48/h7-10,18,21-25,44-45H,3-6,11-17,34H2,1-2H3,(H,38,50)(H,39,52)(H,40,46)(H,41,51)(H,42,49)(H,47,48)(H4,35,36,37)/t21-,22-,23-,24-,25-/m0/s1. The largest absolute Gasteiger partial charge is 0.508 e. The predicted octanol–water partition coefficient (Wildman–Crippen LogP) is -3.88. The summed E-state index contributed by atoms with van der Waals surface area (Å²) in [6, 6.07) is 0.0545. The molecule has 0 aliphatic carbocycles. The zero-order chi connectivity index (χ0) is 39.7. The number of amides is 6. The molecule has 0 saturated carbocycles. The molecule has 1 heterocycles. The number of likely N-dealkylation sites (tertiary alicyclic amines) is 1. The molecule has 1 fully saturated rings. The molecule has 2 rings (SSSR count). The van der Waals surface area contributed by atoms with E-state index < -0.39 is 91.3 Å². The number of carbonyl (C=O) groups is 7. The molecule has 0 radical (unpaired) electrons. The SMILES string of the molecule is CC(C)C[C@H](NC(=O)CNC(=O)[C@H](Cc1ccc(O)cc1)NC(=O)[C@@H](N)CO)C(=O)N[C@@H](CCCN=C(N)N)C(=O)N1CCC[C@H]1C(=O)NCC(=O)O. The van der Waals surface area contributed by atoms with Crippen molar-refractivity contribution >= 4 is 47.4 Å². The Balaban J connectivity index is 2.18. The summed E-state index contributed by atoms with van der Waals surface area (Å²) in [5.41, 5.74) is 17.0.